The summed E-state index contributed by atoms with van der Waals surface area (Å²) in [5, 5.41) is 3.25. The Balaban J connectivity index is 1.66. The third-order valence-electron chi connectivity index (χ3n) is 3.38. The number of carbonyl (C=O) groups is 3. The maximum Gasteiger partial charge on any atom is 0.344 e. The van der Waals surface area contributed by atoms with E-state index in [9.17, 15) is 14.4 Å². The molecule has 0 heterocycles. The van der Waals surface area contributed by atoms with Crippen LogP contribution in [0.1, 0.15) is 22.8 Å². The molecule has 2 aromatic rings. The third kappa shape index (κ3) is 6.57. The van der Waals surface area contributed by atoms with Crippen LogP contribution < -0.4 is 10.1 Å². The van der Waals surface area contributed by atoms with Crippen LogP contribution in [0.25, 0.3) is 0 Å². The highest BCUT2D eigenvalue weighted by Crippen LogP contribution is 2.12. The smallest absolute Gasteiger partial charge is 0.344 e. The van der Waals surface area contributed by atoms with Crippen molar-refractivity contribution in [3.05, 3.63) is 64.7 Å². The molecule has 0 saturated heterocycles. The van der Waals surface area contributed by atoms with Crippen LogP contribution in [0.3, 0.4) is 0 Å². The van der Waals surface area contributed by atoms with Crippen molar-refractivity contribution in [3.63, 3.8) is 0 Å². The van der Waals surface area contributed by atoms with Crippen LogP contribution in [0.5, 0.6) is 5.75 Å². The van der Waals surface area contributed by atoms with Gasteiger partial charge in [0.15, 0.2) is 19.0 Å². The first-order valence-electron chi connectivity index (χ1n) is 7.84. The molecule has 0 bridgehead atoms. The Kier molecular flexibility index (Phi) is 7.17. The zero-order valence-corrected chi connectivity index (χ0v) is 14.9. The third-order valence-corrected chi connectivity index (χ3v) is 3.64. The van der Waals surface area contributed by atoms with Gasteiger partial charge in [0.25, 0.3) is 5.91 Å². The number of hydrogen-bond donors (Lipinski definition) is 1. The first kappa shape index (κ1) is 19.5. The Hall–Kier alpha value is -2.86. The molecule has 2 rings (SSSR count). The summed E-state index contributed by atoms with van der Waals surface area (Å²) in [6, 6.07) is 13.4. The van der Waals surface area contributed by atoms with Gasteiger partial charge < -0.3 is 14.8 Å². The minimum atomic E-state index is -0.665. The Bertz CT molecular complexity index is 772. The van der Waals surface area contributed by atoms with Gasteiger partial charge in [0.1, 0.15) is 5.75 Å². The quantitative estimate of drug-likeness (QED) is 0.566. The number of amides is 1. The van der Waals surface area contributed by atoms with Gasteiger partial charge in [-0.25, -0.2) is 4.79 Å². The fourth-order valence-electron chi connectivity index (χ4n) is 1.97. The van der Waals surface area contributed by atoms with E-state index in [4.69, 9.17) is 21.1 Å². The lowest BCUT2D eigenvalue weighted by molar-refractivity contribution is -0.150. The number of benzene rings is 2. The van der Waals surface area contributed by atoms with Crippen LogP contribution in [0, 0.1) is 0 Å². The summed E-state index contributed by atoms with van der Waals surface area (Å²) in [4.78, 5) is 34.5. The van der Waals surface area contributed by atoms with E-state index in [0.29, 0.717) is 22.9 Å². The van der Waals surface area contributed by atoms with E-state index < -0.39 is 11.9 Å². The van der Waals surface area contributed by atoms with E-state index in [2.05, 4.69) is 5.32 Å². The van der Waals surface area contributed by atoms with Crippen LogP contribution in [0.15, 0.2) is 48.5 Å². The first-order chi connectivity index (χ1) is 12.4. The molecule has 6 nitrogen and oxygen atoms in total. The zero-order chi connectivity index (χ0) is 18.9. The van der Waals surface area contributed by atoms with Gasteiger partial charge >= 0.3 is 5.97 Å². The second-order valence-corrected chi connectivity index (χ2v) is 5.87. The minimum absolute atomic E-state index is 0.0550. The summed E-state index contributed by atoms with van der Waals surface area (Å²) in [6.07, 6.45) is 0. The van der Waals surface area contributed by atoms with E-state index in [1.165, 1.54) is 6.92 Å². The molecular weight excluding hydrogens is 358 g/mol. The maximum absolute atomic E-state index is 11.7. The molecule has 0 unspecified atom stereocenters. The predicted octanol–water partition coefficient (Wildman–Crippen LogP) is 2.78. The molecule has 0 saturated carbocycles. The van der Waals surface area contributed by atoms with Gasteiger partial charge in [0, 0.05) is 17.1 Å². The number of esters is 1. The van der Waals surface area contributed by atoms with E-state index in [-0.39, 0.29) is 19.0 Å². The molecule has 0 spiro atoms. The van der Waals surface area contributed by atoms with Crippen LogP contribution in [0.2, 0.25) is 5.02 Å². The molecule has 0 radical (unpaired) electrons. The topological polar surface area (TPSA) is 81.7 Å². The maximum atomic E-state index is 11.7. The highest BCUT2D eigenvalue weighted by molar-refractivity contribution is 6.30. The number of carbonyl (C=O) groups excluding carboxylic acids is 3. The Morgan fingerprint density at radius 1 is 0.962 bits per heavy atom. The van der Waals surface area contributed by atoms with Crippen molar-refractivity contribution in [2.45, 2.75) is 13.5 Å². The van der Waals surface area contributed by atoms with Gasteiger partial charge in [0.05, 0.1) is 0 Å². The average Bonchev–Trinajstić information content (AvgIpc) is 2.64. The number of nitrogens with one attached hydrogen (secondary N) is 1. The predicted molar refractivity (Wildman–Crippen MR) is 96.2 cm³/mol. The Labute approximate surface area is 156 Å². The van der Waals surface area contributed by atoms with Crippen molar-refractivity contribution in [2.75, 3.05) is 13.2 Å². The molecule has 0 aliphatic carbocycles. The molecule has 26 heavy (non-hydrogen) atoms. The van der Waals surface area contributed by atoms with E-state index in [1.54, 1.807) is 48.5 Å². The minimum Gasteiger partial charge on any atom is -0.482 e. The molecule has 0 aliphatic heterocycles. The van der Waals surface area contributed by atoms with Crippen molar-refractivity contribution >= 4 is 29.3 Å². The monoisotopic (exact) mass is 375 g/mol. The molecule has 1 N–H and O–H groups in total. The SMILES string of the molecule is CC(=O)c1ccc(OCC(=O)OCC(=O)NCc2ccc(Cl)cc2)cc1. The summed E-state index contributed by atoms with van der Waals surface area (Å²) in [7, 11) is 0. The number of ketones is 1. The first-order valence-corrected chi connectivity index (χ1v) is 8.22. The summed E-state index contributed by atoms with van der Waals surface area (Å²) in [5.41, 5.74) is 1.43. The van der Waals surface area contributed by atoms with Gasteiger partial charge in [0.2, 0.25) is 0 Å². The average molecular weight is 376 g/mol. The normalized spacial score (nSPS) is 10.1. The van der Waals surface area contributed by atoms with Gasteiger partial charge in [-0.3, -0.25) is 9.59 Å². The fraction of sp³-hybridized carbons (Fsp3) is 0.211. The summed E-state index contributed by atoms with van der Waals surface area (Å²) < 4.78 is 10.1. The van der Waals surface area contributed by atoms with Crippen molar-refractivity contribution in [2.24, 2.45) is 0 Å². The van der Waals surface area contributed by atoms with Gasteiger partial charge in [-0.15, -0.1) is 0 Å². The highest BCUT2D eigenvalue weighted by Gasteiger charge is 2.09. The van der Waals surface area contributed by atoms with E-state index in [0.717, 1.165) is 5.56 Å². The molecule has 1 amide bonds. The van der Waals surface area contributed by atoms with Crippen LogP contribution in [-0.2, 0) is 20.9 Å². The van der Waals surface area contributed by atoms with Crippen LogP contribution in [0.4, 0.5) is 0 Å². The Morgan fingerprint density at radius 3 is 2.23 bits per heavy atom. The summed E-state index contributed by atoms with van der Waals surface area (Å²) >= 11 is 5.78. The number of ether oxygens (including phenoxy) is 2. The highest BCUT2D eigenvalue weighted by atomic mass is 35.5. The van der Waals surface area contributed by atoms with Crippen LogP contribution >= 0.6 is 11.6 Å². The van der Waals surface area contributed by atoms with Gasteiger partial charge in [-0.1, -0.05) is 23.7 Å². The molecule has 0 aromatic heterocycles. The lowest BCUT2D eigenvalue weighted by Crippen LogP contribution is -2.29. The van der Waals surface area contributed by atoms with Crippen LogP contribution in [-0.4, -0.2) is 30.9 Å². The number of rotatable bonds is 8. The van der Waals surface area contributed by atoms with E-state index in [1.807, 2.05) is 0 Å². The molecular formula is C19H18ClNO5. The largest absolute Gasteiger partial charge is 0.482 e. The molecule has 0 aliphatic rings. The molecule has 0 fully saturated rings. The second-order valence-electron chi connectivity index (χ2n) is 5.43. The number of hydrogen-bond acceptors (Lipinski definition) is 5. The summed E-state index contributed by atoms with van der Waals surface area (Å²) in [5.74, 6) is -0.707. The lowest BCUT2D eigenvalue weighted by Gasteiger charge is -2.08. The molecule has 2 aromatic carbocycles. The Morgan fingerprint density at radius 2 is 1.62 bits per heavy atom. The number of Topliss-reactive ketones (excluding diaryl/α,β-unsaturated/α-hetero) is 1. The van der Waals surface area contributed by atoms with Crippen molar-refractivity contribution < 1.29 is 23.9 Å². The zero-order valence-electron chi connectivity index (χ0n) is 14.2. The van der Waals surface area contributed by atoms with Crippen molar-refractivity contribution in [1.82, 2.24) is 5.32 Å². The van der Waals surface area contributed by atoms with Crippen molar-refractivity contribution in [3.8, 4) is 5.75 Å². The van der Waals surface area contributed by atoms with Crippen molar-refractivity contribution in [1.29, 1.82) is 0 Å². The number of halogens is 1. The van der Waals surface area contributed by atoms with Gasteiger partial charge in [-0.2, -0.15) is 0 Å². The van der Waals surface area contributed by atoms with E-state index >= 15 is 0 Å². The molecule has 7 heteroatoms. The standard InChI is InChI=1S/C19H18ClNO5/c1-13(22)15-4-8-17(9-5-15)25-12-19(24)26-11-18(23)21-10-14-2-6-16(20)7-3-14/h2-9H,10-12H2,1H3,(H,21,23). The molecule has 136 valence electrons. The summed E-state index contributed by atoms with van der Waals surface area (Å²) in [6.45, 7) is 1.06. The van der Waals surface area contributed by atoms with Gasteiger partial charge in [-0.05, 0) is 48.9 Å². The second kappa shape index (κ2) is 9.58. The fourth-order valence-corrected chi connectivity index (χ4v) is 2.10. The molecule has 0 atom stereocenters. The lowest BCUT2D eigenvalue weighted by atomic mass is 10.1.